The minimum Gasteiger partial charge on any atom is -0.320 e. The maximum atomic E-state index is 13.6. The number of halogens is 2. The first-order chi connectivity index (χ1) is 13.1. The van der Waals surface area contributed by atoms with Crippen LogP contribution in [-0.4, -0.2) is 31.4 Å². The Morgan fingerprint density at radius 2 is 1.96 bits per heavy atom. The molecular formula is C18H15F2N5OS. The molecule has 0 unspecified atom stereocenters. The Labute approximate surface area is 158 Å². The molecule has 1 amide bonds. The van der Waals surface area contributed by atoms with Crippen molar-refractivity contribution in [3.63, 3.8) is 0 Å². The smallest absolute Gasteiger partial charge is 0.235 e. The molecule has 3 aromatic rings. The summed E-state index contributed by atoms with van der Waals surface area (Å²) in [6, 6.07) is 7.45. The summed E-state index contributed by atoms with van der Waals surface area (Å²) in [5.41, 5.74) is 0.407. The van der Waals surface area contributed by atoms with Gasteiger partial charge in [-0.3, -0.25) is 14.3 Å². The van der Waals surface area contributed by atoms with E-state index in [1.807, 2.05) is 16.7 Å². The Hall–Kier alpha value is -2.81. The van der Waals surface area contributed by atoms with E-state index in [1.54, 1.807) is 12.4 Å². The average Bonchev–Trinajstić information content (AvgIpc) is 3.43. The zero-order valence-corrected chi connectivity index (χ0v) is 14.9. The molecule has 0 radical (unpaired) electrons. The summed E-state index contributed by atoms with van der Waals surface area (Å²) < 4.78 is 29.3. The van der Waals surface area contributed by atoms with Crippen molar-refractivity contribution in [3.05, 3.63) is 54.4 Å². The van der Waals surface area contributed by atoms with Gasteiger partial charge in [0, 0.05) is 24.0 Å². The van der Waals surface area contributed by atoms with E-state index in [2.05, 4.69) is 20.5 Å². The normalized spacial score (nSPS) is 13.6. The number of thioether (sulfide) groups is 1. The second-order valence-electron chi connectivity index (χ2n) is 6.08. The number of nitrogens with zero attached hydrogens (tertiary/aromatic N) is 4. The van der Waals surface area contributed by atoms with Gasteiger partial charge in [0.2, 0.25) is 5.91 Å². The summed E-state index contributed by atoms with van der Waals surface area (Å²) in [6.07, 6.45) is 5.44. The molecular weight excluding hydrogens is 372 g/mol. The van der Waals surface area contributed by atoms with Crippen LogP contribution < -0.4 is 5.32 Å². The third-order valence-electron chi connectivity index (χ3n) is 4.06. The predicted octanol–water partition coefficient (Wildman–Crippen LogP) is 3.68. The Morgan fingerprint density at radius 1 is 1.19 bits per heavy atom. The first-order valence-electron chi connectivity index (χ1n) is 8.35. The summed E-state index contributed by atoms with van der Waals surface area (Å²) in [5.74, 6) is -1.47. The maximum absolute atomic E-state index is 13.6. The van der Waals surface area contributed by atoms with Crippen LogP contribution in [0.4, 0.5) is 14.5 Å². The minimum absolute atomic E-state index is 0.0360. The molecule has 1 saturated carbocycles. The van der Waals surface area contributed by atoms with E-state index in [4.69, 9.17) is 0 Å². The number of pyridine rings is 1. The molecule has 9 heteroatoms. The topological polar surface area (TPSA) is 72.7 Å². The molecule has 4 rings (SSSR count). The van der Waals surface area contributed by atoms with Crippen molar-refractivity contribution >= 4 is 23.4 Å². The highest BCUT2D eigenvalue weighted by Crippen LogP contribution is 2.40. The highest BCUT2D eigenvalue weighted by Gasteiger charge is 2.30. The number of carbonyl (C=O) groups excluding carboxylic acids is 1. The quantitative estimate of drug-likeness (QED) is 0.653. The van der Waals surface area contributed by atoms with E-state index in [0.717, 1.165) is 30.5 Å². The fourth-order valence-electron chi connectivity index (χ4n) is 2.65. The van der Waals surface area contributed by atoms with E-state index in [1.165, 1.54) is 17.8 Å². The molecule has 6 nitrogen and oxygen atoms in total. The highest BCUT2D eigenvalue weighted by atomic mass is 32.2. The number of amides is 1. The van der Waals surface area contributed by atoms with Crippen LogP contribution in [-0.2, 0) is 4.79 Å². The minimum atomic E-state index is -0.812. The molecule has 1 aromatic carbocycles. The Balaban J connectivity index is 1.49. The SMILES string of the molecule is O=C(CSc1nnc(-c2cccnc2)n1C1CC1)Nc1c(F)cccc1F. The van der Waals surface area contributed by atoms with Crippen molar-refractivity contribution in [1.82, 2.24) is 19.7 Å². The predicted molar refractivity (Wildman–Crippen MR) is 97.2 cm³/mol. The molecule has 0 aliphatic heterocycles. The lowest BCUT2D eigenvalue weighted by molar-refractivity contribution is -0.113. The Kier molecular flexibility index (Phi) is 4.85. The fourth-order valence-corrected chi connectivity index (χ4v) is 3.46. The van der Waals surface area contributed by atoms with Crippen LogP contribution in [0.2, 0.25) is 0 Å². The molecule has 1 aliphatic carbocycles. The van der Waals surface area contributed by atoms with Gasteiger partial charge >= 0.3 is 0 Å². The molecule has 0 bridgehead atoms. The third-order valence-corrected chi connectivity index (χ3v) is 5.00. The van der Waals surface area contributed by atoms with Crippen molar-refractivity contribution < 1.29 is 13.6 Å². The number of para-hydroxylation sites is 1. The van der Waals surface area contributed by atoms with Gasteiger partial charge in [-0.25, -0.2) is 8.78 Å². The molecule has 138 valence electrons. The fraction of sp³-hybridized carbons (Fsp3) is 0.222. The van der Waals surface area contributed by atoms with Crippen LogP contribution in [0.1, 0.15) is 18.9 Å². The van der Waals surface area contributed by atoms with Gasteiger partial charge in [0.05, 0.1) is 5.75 Å². The lowest BCUT2D eigenvalue weighted by atomic mass is 10.3. The molecule has 2 aromatic heterocycles. The van der Waals surface area contributed by atoms with Crippen molar-refractivity contribution in [2.24, 2.45) is 0 Å². The summed E-state index contributed by atoms with van der Waals surface area (Å²) in [5, 5.41) is 11.3. The molecule has 2 heterocycles. The van der Waals surface area contributed by atoms with Crippen LogP contribution in [0.5, 0.6) is 0 Å². The van der Waals surface area contributed by atoms with Crippen LogP contribution in [0, 0.1) is 11.6 Å². The second-order valence-corrected chi connectivity index (χ2v) is 7.03. The van der Waals surface area contributed by atoms with E-state index in [9.17, 15) is 13.6 Å². The number of aromatic nitrogens is 4. The van der Waals surface area contributed by atoms with Gasteiger partial charge < -0.3 is 5.32 Å². The average molecular weight is 387 g/mol. The number of benzene rings is 1. The highest BCUT2D eigenvalue weighted by molar-refractivity contribution is 7.99. The van der Waals surface area contributed by atoms with Gasteiger partial charge in [-0.2, -0.15) is 0 Å². The summed E-state index contributed by atoms with van der Waals surface area (Å²) in [7, 11) is 0. The second kappa shape index (κ2) is 7.43. The third kappa shape index (κ3) is 3.82. The van der Waals surface area contributed by atoms with Crippen molar-refractivity contribution in [2.75, 3.05) is 11.1 Å². The van der Waals surface area contributed by atoms with Crippen LogP contribution >= 0.6 is 11.8 Å². The molecule has 27 heavy (non-hydrogen) atoms. The monoisotopic (exact) mass is 387 g/mol. The Morgan fingerprint density at radius 3 is 2.63 bits per heavy atom. The standard InChI is InChI=1S/C18H15F2N5OS/c19-13-4-1-5-14(20)16(13)22-15(26)10-27-18-24-23-17(25(18)12-6-7-12)11-3-2-8-21-9-11/h1-5,8-9,12H,6-7,10H2,(H,22,26). The summed E-state index contributed by atoms with van der Waals surface area (Å²) in [4.78, 5) is 16.2. The number of hydrogen-bond acceptors (Lipinski definition) is 5. The van der Waals surface area contributed by atoms with Gasteiger partial charge in [-0.1, -0.05) is 17.8 Å². The van der Waals surface area contributed by atoms with Gasteiger partial charge in [-0.15, -0.1) is 10.2 Å². The molecule has 0 spiro atoms. The zero-order valence-electron chi connectivity index (χ0n) is 14.1. The van der Waals surface area contributed by atoms with Crippen molar-refractivity contribution in [3.8, 4) is 11.4 Å². The molecule has 0 saturated heterocycles. The van der Waals surface area contributed by atoms with Crippen molar-refractivity contribution in [1.29, 1.82) is 0 Å². The first kappa shape index (κ1) is 17.6. The van der Waals surface area contributed by atoms with Gasteiger partial charge in [0.1, 0.15) is 17.3 Å². The van der Waals surface area contributed by atoms with Crippen molar-refractivity contribution in [2.45, 2.75) is 24.0 Å². The van der Waals surface area contributed by atoms with Gasteiger partial charge in [0.25, 0.3) is 0 Å². The summed E-state index contributed by atoms with van der Waals surface area (Å²) >= 11 is 1.18. The molecule has 1 fully saturated rings. The van der Waals surface area contributed by atoms with Gasteiger partial charge in [-0.05, 0) is 37.1 Å². The first-order valence-corrected chi connectivity index (χ1v) is 9.34. The van der Waals surface area contributed by atoms with E-state index in [0.29, 0.717) is 17.0 Å². The summed E-state index contributed by atoms with van der Waals surface area (Å²) in [6.45, 7) is 0. The molecule has 1 aliphatic rings. The number of carbonyl (C=O) groups is 1. The Bertz CT molecular complexity index is 955. The van der Waals surface area contributed by atoms with E-state index in [-0.39, 0.29) is 5.75 Å². The molecule has 1 N–H and O–H groups in total. The number of anilines is 1. The van der Waals surface area contributed by atoms with E-state index < -0.39 is 23.2 Å². The van der Waals surface area contributed by atoms with Crippen LogP contribution in [0.25, 0.3) is 11.4 Å². The lowest BCUT2D eigenvalue weighted by Crippen LogP contribution is -2.16. The molecule has 0 atom stereocenters. The van der Waals surface area contributed by atoms with Crippen LogP contribution in [0.3, 0.4) is 0 Å². The zero-order chi connectivity index (χ0) is 18.8. The van der Waals surface area contributed by atoms with E-state index >= 15 is 0 Å². The number of nitrogens with one attached hydrogen (secondary N) is 1. The largest absolute Gasteiger partial charge is 0.320 e. The number of rotatable bonds is 6. The maximum Gasteiger partial charge on any atom is 0.235 e. The number of hydrogen-bond donors (Lipinski definition) is 1. The van der Waals surface area contributed by atoms with Gasteiger partial charge in [0.15, 0.2) is 11.0 Å². The lowest BCUT2D eigenvalue weighted by Gasteiger charge is -2.09. The van der Waals surface area contributed by atoms with Crippen LogP contribution in [0.15, 0.2) is 47.9 Å².